The first-order valence-electron chi connectivity index (χ1n) is 5.91. The van der Waals surface area contributed by atoms with E-state index in [0.717, 1.165) is 0 Å². The Morgan fingerprint density at radius 3 is 2.35 bits per heavy atom. The third kappa shape index (κ3) is 3.91. The average molecular weight is 243 g/mol. The van der Waals surface area contributed by atoms with Gasteiger partial charge in [0.2, 0.25) is 0 Å². The number of carboxylic acids is 1. The summed E-state index contributed by atoms with van der Waals surface area (Å²) in [5.74, 6) is -1.16. The van der Waals surface area contributed by atoms with Gasteiger partial charge in [0.15, 0.2) is 0 Å². The van der Waals surface area contributed by atoms with Crippen molar-refractivity contribution in [3.8, 4) is 0 Å². The van der Waals surface area contributed by atoms with Gasteiger partial charge >= 0.3 is 12.1 Å². The van der Waals surface area contributed by atoms with Crippen molar-refractivity contribution in [1.29, 1.82) is 0 Å². The van der Waals surface area contributed by atoms with E-state index in [2.05, 4.69) is 0 Å². The summed E-state index contributed by atoms with van der Waals surface area (Å²) >= 11 is 0. The molecule has 1 aliphatic rings. The van der Waals surface area contributed by atoms with Crippen LogP contribution in [0.15, 0.2) is 0 Å². The molecule has 0 aromatic carbocycles. The number of carbonyl (C=O) groups excluding carboxylic acids is 1. The topological polar surface area (TPSA) is 66.8 Å². The molecule has 1 saturated heterocycles. The highest BCUT2D eigenvalue weighted by Gasteiger charge is 2.34. The number of hydrogen-bond donors (Lipinski definition) is 1. The van der Waals surface area contributed by atoms with Gasteiger partial charge in [0.05, 0.1) is 5.92 Å². The van der Waals surface area contributed by atoms with Crippen LogP contribution in [0, 0.1) is 11.8 Å². The summed E-state index contributed by atoms with van der Waals surface area (Å²) in [6.07, 6.45) is 0.142. The first kappa shape index (κ1) is 13.8. The summed E-state index contributed by atoms with van der Waals surface area (Å²) < 4.78 is 5.26. The lowest BCUT2D eigenvalue weighted by Gasteiger charge is -2.35. The van der Waals surface area contributed by atoms with E-state index in [1.807, 2.05) is 27.7 Å². The number of nitrogens with zero attached hydrogens (tertiary/aromatic N) is 1. The molecule has 1 heterocycles. The van der Waals surface area contributed by atoms with Crippen LogP contribution in [0.3, 0.4) is 0 Å². The van der Waals surface area contributed by atoms with Crippen LogP contribution in [0.1, 0.15) is 34.1 Å². The molecule has 0 aromatic heterocycles. The van der Waals surface area contributed by atoms with E-state index in [4.69, 9.17) is 9.84 Å². The van der Waals surface area contributed by atoms with Gasteiger partial charge in [0.1, 0.15) is 5.60 Å². The molecular weight excluding hydrogens is 222 g/mol. The van der Waals surface area contributed by atoms with Crippen LogP contribution in [0.2, 0.25) is 0 Å². The molecule has 2 atom stereocenters. The van der Waals surface area contributed by atoms with Crippen LogP contribution in [0.4, 0.5) is 4.79 Å². The van der Waals surface area contributed by atoms with E-state index >= 15 is 0 Å². The molecule has 5 heteroatoms. The van der Waals surface area contributed by atoms with Gasteiger partial charge in [-0.15, -0.1) is 0 Å². The van der Waals surface area contributed by atoms with E-state index in [9.17, 15) is 9.59 Å². The molecule has 0 saturated carbocycles. The van der Waals surface area contributed by atoms with Crippen molar-refractivity contribution in [1.82, 2.24) is 4.90 Å². The van der Waals surface area contributed by atoms with Crippen LogP contribution in [0.5, 0.6) is 0 Å². The number of likely N-dealkylation sites (tertiary alicyclic amines) is 1. The van der Waals surface area contributed by atoms with Gasteiger partial charge in [-0.3, -0.25) is 4.79 Å². The molecule has 0 radical (unpaired) electrons. The van der Waals surface area contributed by atoms with Crippen LogP contribution in [-0.4, -0.2) is 40.8 Å². The van der Waals surface area contributed by atoms with Crippen molar-refractivity contribution in [2.45, 2.75) is 39.7 Å². The highest BCUT2D eigenvalue weighted by molar-refractivity contribution is 5.72. The fraction of sp³-hybridized carbons (Fsp3) is 0.833. The number of aliphatic carboxylic acids is 1. The molecule has 0 spiro atoms. The lowest BCUT2D eigenvalue weighted by molar-refractivity contribution is -0.145. The molecule has 1 N–H and O–H groups in total. The molecule has 0 aromatic rings. The SMILES string of the molecule is C[C@H]1CN(C(=O)OC(C)(C)C)CC[C@@H]1C(=O)O. The molecule has 0 aliphatic carbocycles. The zero-order chi connectivity index (χ0) is 13.2. The molecule has 1 amide bonds. The van der Waals surface area contributed by atoms with E-state index in [0.29, 0.717) is 19.5 Å². The lowest BCUT2D eigenvalue weighted by atomic mass is 9.87. The van der Waals surface area contributed by atoms with Gasteiger partial charge < -0.3 is 14.7 Å². The Labute approximate surface area is 102 Å². The molecule has 17 heavy (non-hydrogen) atoms. The van der Waals surface area contributed by atoms with E-state index < -0.39 is 11.6 Å². The van der Waals surface area contributed by atoms with Crippen molar-refractivity contribution >= 4 is 12.1 Å². The largest absolute Gasteiger partial charge is 0.481 e. The maximum absolute atomic E-state index is 11.8. The number of rotatable bonds is 1. The molecule has 98 valence electrons. The Kier molecular flexibility index (Phi) is 4.01. The zero-order valence-electron chi connectivity index (χ0n) is 10.9. The molecule has 0 unspecified atom stereocenters. The summed E-state index contributed by atoms with van der Waals surface area (Å²) in [6.45, 7) is 8.21. The molecule has 1 aliphatic heterocycles. The maximum atomic E-state index is 11.8. The number of carboxylic acid groups (broad SMARTS) is 1. The first-order valence-corrected chi connectivity index (χ1v) is 5.91. The van der Waals surface area contributed by atoms with Crippen LogP contribution in [0.25, 0.3) is 0 Å². The summed E-state index contributed by atoms with van der Waals surface area (Å²) in [5, 5.41) is 8.99. The highest BCUT2D eigenvalue weighted by atomic mass is 16.6. The molecule has 1 fully saturated rings. The van der Waals surface area contributed by atoms with Crippen molar-refractivity contribution in [2.75, 3.05) is 13.1 Å². The third-order valence-corrected chi connectivity index (χ3v) is 2.87. The van der Waals surface area contributed by atoms with Crippen LogP contribution < -0.4 is 0 Å². The molecule has 1 rings (SSSR count). The lowest BCUT2D eigenvalue weighted by Crippen LogP contribution is -2.46. The second-order valence-electron chi connectivity index (χ2n) is 5.64. The van der Waals surface area contributed by atoms with Gasteiger partial charge in [-0.1, -0.05) is 6.92 Å². The number of ether oxygens (including phenoxy) is 1. The fourth-order valence-electron chi connectivity index (χ4n) is 2.00. The summed E-state index contributed by atoms with van der Waals surface area (Å²) in [6, 6.07) is 0. The van der Waals surface area contributed by atoms with Crippen molar-refractivity contribution in [3.63, 3.8) is 0 Å². The number of hydrogen-bond acceptors (Lipinski definition) is 3. The van der Waals surface area contributed by atoms with Crippen LogP contribution in [-0.2, 0) is 9.53 Å². The smallest absolute Gasteiger partial charge is 0.410 e. The Morgan fingerprint density at radius 2 is 1.94 bits per heavy atom. The van der Waals surface area contributed by atoms with Crippen molar-refractivity contribution < 1.29 is 19.4 Å². The van der Waals surface area contributed by atoms with Gasteiger partial charge in [-0.05, 0) is 33.1 Å². The number of piperidine rings is 1. The van der Waals surface area contributed by atoms with E-state index in [1.165, 1.54) is 0 Å². The quantitative estimate of drug-likeness (QED) is 0.764. The Bertz CT molecular complexity index is 308. The third-order valence-electron chi connectivity index (χ3n) is 2.87. The average Bonchev–Trinajstić information content (AvgIpc) is 2.14. The minimum absolute atomic E-state index is 0.0335. The zero-order valence-corrected chi connectivity index (χ0v) is 10.9. The Morgan fingerprint density at radius 1 is 1.35 bits per heavy atom. The summed E-state index contributed by atoms with van der Waals surface area (Å²) in [7, 11) is 0. The van der Waals surface area contributed by atoms with Gasteiger partial charge in [-0.25, -0.2) is 4.79 Å². The Hall–Kier alpha value is -1.26. The van der Waals surface area contributed by atoms with E-state index in [-0.39, 0.29) is 17.9 Å². The maximum Gasteiger partial charge on any atom is 0.410 e. The second kappa shape index (κ2) is 4.94. The minimum Gasteiger partial charge on any atom is -0.481 e. The monoisotopic (exact) mass is 243 g/mol. The number of amides is 1. The van der Waals surface area contributed by atoms with E-state index in [1.54, 1.807) is 4.90 Å². The fourth-order valence-corrected chi connectivity index (χ4v) is 2.00. The van der Waals surface area contributed by atoms with Gasteiger partial charge in [0.25, 0.3) is 0 Å². The minimum atomic E-state index is -0.777. The molecule has 0 bridgehead atoms. The highest BCUT2D eigenvalue weighted by Crippen LogP contribution is 2.24. The van der Waals surface area contributed by atoms with Crippen LogP contribution >= 0.6 is 0 Å². The Balaban J connectivity index is 2.55. The standard InChI is InChI=1S/C12H21NO4/c1-8-7-13(6-5-9(8)10(14)15)11(16)17-12(2,3)4/h8-9H,5-7H2,1-4H3,(H,14,15)/t8-,9-/m0/s1. The van der Waals surface area contributed by atoms with Gasteiger partial charge in [-0.2, -0.15) is 0 Å². The van der Waals surface area contributed by atoms with Crippen molar-refractivity contribution in [2.24, 2.45) is 11.8 Å². The molecular formula is C12H21NO4. The summed E-state index contributed by atoms with van der Waals surface area (Å²) in [5.41, 5.74) is -0.510. The van der Waals surface area contributed by atoms with Gasteiger partial charge in [0, 0.05) is 13.1 Å². The number of carbonyl (C=O) groups is 2. The predicted molar refractivity (Wildman–Crippen MR) is 62.7 cm³/mol. The van der Waals surface area contributed by atoms with Crippen molar-refractivity contribution in [3.05, 3.63) is 0 Å². The second-order valence-corrected chi connectivity index (χ2v) is 5.64. The normalized spacial score (nSPS) is 25.5. The first-order chi connectivity index (χ1) is 7.70. The molecule has 5 nitrogen and oxygen atoms in total. The summed E-state index contributed by atoms with van der Waals surface area (Å²) in [4.78, 5) is 24.3. The predicted octanol–water partition coefficient (Wildman–Crippen LogP) is 1.96.